The van der Waals surface area contributed by atoms with Gasteiger partial charge in [-0.1, -0.05) is 36.4 Å². The Kier molecular flexibility index (Phi) is 3.67. The standard InChI is InChI=1S/C13H12N2OS/c1-2-8-14-13(16)12-11(15-9-17-12)10-6-4-3-5-7-10/h2-7,9H,1,8H2,(H,14,16). The van der Waals surface area contributed by atoms with Crippen molar-refractivity contribution in [1.82, 2.24) is 10.3 Å². The first kappa shape index (κ1) is 11.5. The molecule has 0 spiro atoms. The van der Waals surface area contributed by atoms with Gasteiger partial charge in [0.2, 0.25) is 0 Å². The van der Waals surface area contributed by atoms with Gasteiger partial charge in [0, 0.05) is 12.1 Å². The van der Waals surface area contributed by atoms with E-state index in [4.69, 9.17) is 0 Å². The second-order valence-electron chi connectivity index (χ2n) is 3.39. The fraction of sp³-hybridized carbons (Fsp3) is 0.0769. The molecule has 0 aliphatic rings. The lowest BCUT2D eigenvalue weighted by atomic mass is 10.1. The summed E-state index contributed by atoms with van der Waals surface area (Å²) < 4.78 is 0. The lowest BCUT2D eigenvalue weighted by molar-refractivity contribution is 0.0962. The SMILES string of the molecule is C=CCNC(=O)c1scnc1-c1ccccc1. The number of carbonyl (C=O) groups excluding carboxylic acids is 1. The molecule has 1 aromatic carbocycles. The van der Waals surface area contributed by atoms with Crippen molar-refractivity contribution < 1.29 is 4.79 Å². The Bertz CT molecular complexity index is 519. The monoisotopic (exact) mass is 244 g/mol. The van der Waals surface area contributed by atoms with Gasteiger partial charge in [0.05, 0.1) is 11.2 Å². The molecule has 1 amide bonds. The molecule has 3 nitrogen and oxygen atoms in total. The van der Waals surface area contributed by atoms with E-state index in [0.717, 1.165) is 11.3 Å². The molecular weight excluding hydrogens is 232 g/mol. The van der Waals surface area contributed by atoms with E-state index in [-0.39, 0.29) is 5.91 Å². The van der Waals surface area contributed by atoms with Crippen molar-refractivity contribution >= 4 is 17.2 Å². The van der Waals surface area contributed by atoms with Gasteiger partial charge in [-0.05, 0) is 0 Å². The molecule has 0 radical (unpaired) electrons. The molecule has 4 heteroatoms. The lowest BCUT2D eigenvalue weighted by Gasteiger charge is -2.02. The van der Waals surface area contributed by atoms with Crippen molar-refractivity contribution in [2.24, 2.45) is 0 Å². The van der Waals surface area contributed by atoms with E-state index in [2.05, 4.69) is 16.9 Å². The largest absolute Gasteiger partial charge is 0.348 e. The molecule has 0 unspecified atom stereocenters. The van der Waals surface area contributed by atoms with Gasteiger partial charge in [-0.25, -0.2) is 4.98 Å². The van der Waals surface area contributed by atoms with Crippen LogP contribution in [0.1, 0.15) is 9.67 Å². The number of thiazole rings is 1. The Morgan fingerprint density at radius 1 is 1.41 bits per heavy atom. The van der Waals surface area contributed by atoms with E-state index in [9.17, 15) is 4.79 Å². The Hall–Kier alpha value is -1.94. The van der Waals surface area contributed by atoms with Crippen molar-refractivity contribution in [3.8, 4) is 11.3 Å². The van der Waals surface area contributed by atoms with Gasteiger partial charge in [0.25, 0.3) is 5.91 Å². The average Bonchev–Trinajstić information content (AvgIpc) is 2.86. The number of amides is 1. The predicted molar refractivity (Wildman–Crippen MR) is 70.1 cm³/mol. The summed E-state index contributed by atoms with van der Waals surface area (Å²) in [6.45, 7) is 4.03. The highest BCUT2D eigenvalue weighted by molar-refractivity contribution is 7.12. The summed E-state index contributed by atoms with van der Waals surface area (Å²) >= 11 is 1.35. The number of benzene rings is 1. The molecule has 0 aliphatic carbocycles. The number of hydrogen-bond acceptors (Lipinski definition) is 3. The van der Waals surface area contributed by atoms with E-state index in [1.165, 1.54) is 11.3 Å². The van der Waals surface area contributed by atoms with Crippen molar-refractivity contribution in [2.75, 3.05) is 6.54 Å². The predicted octanol–water partition coefficient (Wildman–Crippen LogP) is 2.73. The number of carbonyl (C=O) groups is 1. The van der Waals surface area contributed by atoms with Crippen LogP contribution in [0.4, 0.5) is 0 Å². The van der Waals surface area contributed by atoms with Crippen molar-refractivity contribution in [2.45, 2.75) is 0 Å². The van der Waals surface area contributed by atoms with Gasteiger partial charge >= 0.3 is 0 Å². The zero-order valence-corrected chi connectivity index (χ0v) is 10.0. The third-order valence-corrected chi connectivity index (χ3v) is 3.05. The summed E-state index contributed by atoms with van der Waals surface area (Å²) in [6, 6.07) is 9.69. The molecule has 1 N–H and O–H groups in total. The van der Waals surface area contributed by atoms with E-state index >= 15 is 0 Å². The Morgan fingerprint density at radius 2 is 2.18 bits per heavy atom. The molecule has 1 heterocycles. The molecule has 2 rings (SSSR count). The molecule has 2 aromatic rings. The van der Waals surface area contributed by atoms with Crippen LogP contribution in [-0.4, -0.2) is 17.4 Å². The van der Waals surface area contributed by atoms with Gasteiger partial charge in [-0.3, -0.25) is 4.79 Å². The molecule has 86 valence electrons. The highest BCUT2D eigenvalue weighted by Crippen LogP contribution is 2.24. The van der Waals surface area contributed by atoms with E-state index in [1.807, 2.05) is 30.3 Å². The van der Waals surface area contributed by atoms with Gasteiger partial charge in [0.15, 0.2) is 0 Å². The van der Waals surface area contributed by atoms with Crippen LogP contribution in [0.3, 0.4) is 0 Å². The lowest BCUT2D eigenvalue weighted by Crippen LogP contribution is -2.22. The Morgan fingerprint density at radius 3 is 2.88 bits per heavy atom. The topological polar surface area (TPSA) is 42.0 Å². The summed E-state index contributed by atoms with van der Waals surface area (Å²) in [5, 5.41) is 2.76. The quantitative estimate of drug-likeness (QED) is 0.840. The fourth-order valence-electron chi connectivity index (χ4n) is 1.45. The van der Waals surface area contributed by atoms with Crippen LogP contribution < -0.4 is 5.32 Å². The summed E-state index contributed by atoms with van der Waals surface area (Å²) in [5.41, 5.74) is 3.38. The van der Waals surface area contributed by atoms with E-state index in [0.29, 0.717) is 11.4 Å². The third kappa shape index (κ3) is 2.60. The van der Waals surface area contributed by atoms with Crippen LogP contribution in [-0.2, 0) is 0 Å². The maximum atomic E-state index is 11.9. The van der Waals surface area contributed by atoms with Gasteiger partial charge < -0.3 is 5.32 Å². The first-order valence-electron chi connectivity index (χ1n) is 5.21. The average molecular weight is 244 g/mol. The first-order chi connectivity index (χ1) is 8.33. The number of nitrogens with one attached hydrogen (secondary N) is 1. The van der Waals surface area contributed by atoms with Crippen LogP contribution in [0.25, 0.3) is 11.3 Å². The minimum absolute atomic E-state index is 0.105. The van der Waals surface area contributed by atoms with Crippen LogP contribution in [0.2, 0.25) is 0 Å². The highest BCUT2D eigenvalue weighted by atomic mass is 32.1. The van der Waals surface area contributed by atoms with Gasteiger partial charge in [-0.2, -0.15) is 0 Å². The first-order valence-corrected chi connectivity index (χ1v) is 6.09. The summed E-state index contributed by atoms with van der Waals surface area (Å²) in [7, 11) is 0. The molecule has 0 atom stereocenters. The van der Waals surface area contributed by atoms with Crippen molar-refractivity contribution in [3.63, 3.8) is 0 Å². The minimum atomic E-state index is -0.105. The van der Waals surface area contributed by atoms with Crippen LogP contribution >= 0.6 is 11.3 Å². The van der Waals surface area contributed by atoms with Crippen molar-refractivity contribution in [3.05, 3.63) is 53.4 Å². The second kappa shape index (κ2) is 5.41. The van der Waals surface area contributed by atoms with Crippen LogP contribution in [0.15, 0.2) is 48.5 Å². The smallest absolute Gasteiger partial charge is 0.263 e. The second-order valence-corrected chi connectivity index (χ2v) is 4.25. The minimum Gasteiger partial charge on any atom is -0.348 e. The number of hydrogen-bond donors (Lipinski definition) is 1. The van der Waals surface area contributed by atoms with Crippen LogP contribution in [0.5, 0.6) is 0 Å². The molecule has 0 aliphatic heterocycles. The summed E-state index contributed by atoms with van der Waals surface area (Å²) in [5.74, 6) is -0.105. The van der Waals surface area contributed by atoms with Crippen molar-refractivity contribution in [1.29, 1.82) is 0 Å². The molecular formula is C13H12N2OS. The maximum absolute atomic E-state index is 11.9. The number of nitrogens with zero attached hydrogens (tertiary/aromatic N) is 1. The number of aromatic nitrogens is 1. The molecule has 1 aromatic heterocycles. The summed E-state index contributed by atoms with van der Waals surface area (Å²) in [4.78, 5) is 16.8. The van der Waals surface area contributed by atoms with Gasteiger partial charge in [0.1, 0.15) is 4.88 Å². The third-order valence-electron chi connectivity index (χ3n) is 2.23. The fourth-order valence-corrected chi connectivity index (χ4v) is 2.18. The zero-order chi connectivity index (χ0) is 12.1. The Labute approximate surface area is 104 Å². The maximum Gasteiger partial charge on any atom is 0.263 e. The van der Waals surface area contributed by atoms with E-state index < -0.39 is 0 Å². The van der Waals surface area contributed by atoms with E-state index in [1.54, 1.807) is 11.6 Å². The van der Waals surface area contributed by atoms with Crippen LogP contribution in [0, 0.1) is 0 Å². The normalized spacial score (nSPS) is 9.88. The molecule has 17 heavy (non-hydrogen) atoms. The van der Waals surface area contributed by atoms with Gasteiger partial charge in [-0.15, -0.1) is 17.9 Å². The Balaban J connectivity index is 2.29. The molecule has 0 fully saturated rings. The molecule has 0 saturated carbocycles. The molecule has 0 saturated heterocycles. The summed E-state index contributed by atoms with van der Waals surface area (Å²) in [6.07, 6.45) is 1.65. The molecule has 0 bridgehead atoms. The zero-order valence-electron chi connectivity index (χ0n) is 9.22. The number of rotatable bonds is 4. The highest BCUT2D eigenvalue weighted by Gasteiger charge is 2.14.